The van der Waals surface area contributed by atoms with E-state index in [1.54, 1.807) is 0 Å². The number of likely N-dealkylation sites (tertiary alicyclic amines) is 1. The summed E-state index contributed by atoms with van der Waals surface area (Å²) in [5.41, 5.74) is 0. The normalized spacial score (nSPS) is 18.9. The maximum absolute atomic E-state index is 12.4. The van der Waals surface area contributed by atoms with E-state index in [1.165, 1.54) is 25.9 Å². The first-order chi connectivity index (χ1) is 10.2. The molecule has 22 heavy (non-hydrogen) atoms. The summed E-state index contributed by atoms with van der Waals surface area (Å²) < 4.78 is 30.5. The van der Waals surface area contributed by atoms with Gasteiger partial charge >= 0.3 is 5.97 Å². The average Bonchev–Trinajstić information content (AvgIpc) is 3.04. The van der Waals surface area contributed by atoms with E-state index in [2.05, 4.69) is 0 Å². The molecule has 9 heteroatoms. The maximum Gasteiger partial charge on any atom is 0.326 e. The molecule has 2 rings (SSSR count). The van der Waals surface area contributed by atoms with E-state index in [0.717, 1.165) is 10.4 Å². The van der Waals surface area contributed by atoms with Crippen LogP contribution >= 0.6 is 0 Å². The lowest BCUT2D eigenvalue weighted by atomic mass is 10.2. The van der Waals surface area contributed by atoms with Crippen LogP contribution in [0.15, 0.2) is 15.4 Å². The summed E-state index contributed by atoms with van der Waals surface area (Å²) >= 11 is 0. The van der Waals surface area contributed by atoms with Crippen molar-refractivity contribution < 1.29 is 27.5 Å². The fourth-order valence-corrected chi connectivity index (χ4v) is 3.49. The smallest absolute Gasteiger partial charge is 0.326 e. The Morgan fingerprint density at radius 1 is 1.41 bits per heavy atom. The summed E-state index contributed by atoms with van der Waals surface area (Å²) in [5.74, 6) is -1.74. The Labute approximate surface area is 128 Å². The molecule has 0 saturated carbocycles. The zero-order chi connectivity index (χ0) is 16.7. The van der Waals surface area contributed by atoms with Crippen molar-refractivity contribution in [1.82, 2.24) is 9.21 Å². The van der Waals surface area contributed by atoms with Gasteiger partial charge in [0.25, 0.3) is 5.91 Å². The second-order valence-electron chi connectivity index (χ2n) is 5.31. The fraction of sp³-hybridized carbons (Fsp3) is 0.538. The second-order valence-corrected chi connectivity index (χ2v) is 7.43. The molecule has 1 aliphatic heterocycles. The van der Waals surface area contributed by atoms with Gasteiger partial charge in [0.15, 0.2) is 5.76 Å². The van der Waals surface area contributed by atoms with Crippen molar-refractivity contribution in [3.8, 4) is 0 Å². The number of rotatable bonds is 4. The molecule has 0 spiro atoms. The molecule has 0 aromatic carbocycles. The summed E-state index contributed by atoms with van der Waals surface area (Å²) in [6.45, 7) is 1.76. The Bertz CT molecular complexity index is 706. The topological polar surface area (TPSA) is 108 Å². The van der Waals surface area contributed by atoms with E-state index in [4.69, 9.17) is 9.52 Å². The molecule has 0 unspecified atom stereocenters. The largest absolute Gasteiger partial charge is 0.480 e. The van der Waals surface area contributed by atoms with Crippen LogP contribution in [0.2, 0.25) is 0 Å². The van der Waals surface area contributed by atoms with Crippen LogP contribution in [0.25, 0.3) is 0 Å². The van der Waals surface area contributed by atoms with Crippen molar-refractivity contribution in [2.24, 2.45) is 0 Å². The zero-order valence-electron chi connectivity index (χ0n) is 12.6. The molecule has 1 saturated heterocycles. The van der Waals surface area contributed by atoms with Crippen molar-refractivity contribution in [2.45, 2.75) is 30.7 Å². The van der Waals surface area contributed by atoms with E-state index in [9.17, 15) is 18.0 Å². The quantitative estimate of drug-likeness (QED) is 0.862. The molecule has 1 N–H and O–H groups in total. The van der Waals surface area contributed by atoms with Crippen molar-refractivity contribution in [3.63, 3.8) is 0 Å². The van der Waals surface area contributed by atoms with E-state index >= 15 is 0 Å². The third-order valence-electron chi connectivity index (χ3n) is 3.64. The number of furan rings is 1. The number of aliphatic carboxylic acids is 1. The molecular weight excluding hydrogens is 312 g/mol. The van der Waals surface area contributed by atoms with Crippen LogP contribution < -0.4 is 0 Å². The fourth-order valence-electron chi connectivity index (χ4n) is 2.43. The third-order valence-corrected chi connectivity index (χ3v) is 5.56. The summed E-state index contributed by atoms with van der Waals surface area (Å²) in [6.07, 6.45) is 0.967. The Balaban J connectivity index is 2.35. The standard InChI is InChI=1S/C13H18N2O6S/c1-8-11(22(19,20)14(2)3)7-10(21-8)12(16)15-6-4-5-9(15)13(17)18/h7,9H,4-6H2,1-3H3,(H,17,18)/t9-/m1/s1. The molecule has 1 atom stereocenters. The van der Waals surface area contributed by atoms with Gasteiger partial charge in [0.1, 0.15) is 16.7 Å². The van der Waals surface area contributed by atoms with Crippen LogP contribution in [0.3, 0.4) is 0 Å². The number of hydrogen-bond acceptors (Lipinski definition) is 5. The molecule has 122 valence electrons. The van der Waals surface area contributed by atoms with Gasteiger partial charge in [-0.05, 0) is 19.8 Å². The van der Waals surface area contributed by atoms with Crippen LogP contribution in [-0.4, -0.2) is 61.3 Å². The number of amides is 1. The molecule has 1 amide bonds. The Morgan fingerprint density at radius 3 is 2.59 bits per heavy atom. The van der Waals surface area contributed by atoms with E-state index < -0.39 is 27.9 Å². The van der Waals surface area contributed by atoms with E-state index in [0.29, 0.717) is 19.4 Å². The van der Waals surface area contributed by atoms with E-state index in [1.807, 2.05) is 0 Å². The van der Waals surface area contributed by atoms with Gasteiger partial charge in [-0.1, -0.05) is 0 Å². The molecule has 0 aliphatic carbocycles. The predicted molar refractivity (Wildman–Crippen MR) is 76.0 cm³/mol. The van der Waals surface area contributed by atoms with Gasteiger partial charge in [-0.3, -0.25) is 4.79 Å². The Kier molecular flexibility index (Phi) is 4.30. The van der Waals surface area contributed by atoms with E-state index in [-0.39, 0.29) is 16.4 Å². The van der Waals surface area contributed by atoms with Gasteiger partial charge in [0, 0.05) is 26.7 Å². The number of aryl methyl sites for hydroxylation is 1. The van der Waals surface area contributed by atoms with Gasteiger partial charge in [-0.2, -0.15) is 0 Å². The van der Waals surface area contributed by atoms with Gasteiger partial charge in [-0.25, -0.2) is 17.5 Å². The third kappa shape index (κ3) is 2.73. The van der Waals surface area contributed by atoms with Gasteiger partial charge in [-0.15, -0.1) is 0 Å². The van der Waals surface area contributed by atoms with Crippen molar-refractivity contribution in [2.75, 3.05) is 20.6 Å². The zero-order valence-corrected chi connectivity index (χ0v) is 13.4. The number of sulfonamides is 1. The monoisotopic (exact) mass is 330 g/mol. The summed E-state index contributed by atoms with van der Waals surface area (Å²) in [5, 5.41) is 9.11. The molecule has 1 aliphatic rings. The van der Waals surface area contributed by atoms with Crippen LogP contribution in [0.5, 0.6) is 0 Å². The molecule has 2 heterocycles. The summed E-state index contributed by atoms with van der Waals surface area (Å²) in [6, 6.07) is 0.261. The first-order valence-corrected chi connectivity index (χ1v) is 8.17. The first-order valence-electron chi connectivity index (χ1n) is 6.73. The van der Waals surface area contributed by atoms with Crippen molar-refractivity contribution in [3.05, 3.63) is 17.6 Å². The molecule has 1 fully saturated rings. The second kappa shape index (κ2) is 5.73. The number of carboxylic acid groups (broad SMARTS) is 1. The number of carbonyl (C=O) groups is 2. The summed E-state index contributed by atoms with van der Waals surface area (Å²) in [7, 11) is -0.963. The van der Waals surface area contributed by atoms with Crippen molar-refractivity contribution in [1.29, 1.82) is 0 Å². The van der Waals surface area contributed by atoms with Crippen molar-refractivity contribution >= 4 is 21.9 Å². The molecule has 1 aromatic heterocycles. The van der Waals surface area contributed by atoms with Crippen LogP contribution in [0, 0.1) is 6.92 Å². The molecule has 1 aromatic rings. The minimum atomic E-state index is -3.72. The van der Waals surface area contributed by atoms with Crippen LogP contribution in [-0.2, 0) is 14.8 Å². The number of carboxylic acids is 1. The van der Waals surface area contributed by atoms with Gasteiger partial charge in [0.2, 0.25) is 10.0 Å². The minimum absolute atomic E-state index is 0.0908. The number of hydrogen-bond donors (Lipinski definition) is 1. The van der Waals surface area contributed by atoms with Gasteiger partial charge < -0.3 is 14.4 Å². The lowest BCUT2D eigenvalue weighted by Crippen LogP contribution is -2.40. The number of nitrogens with zero attached hydrogens (tertiary/aromatic N) is 2. The van der Waals surface area contributed by atoms with Gasteiger partial charge in [0.05, 0.1) is 0 Å². The highest BCUT2D eigenvalue weighted by Crippen LogP contribution is 2.26. The molecule has 0 bridgehead atoms. The highest BCUT2D eigenvalue weighted by Gasteiger charge is 2.36. The maximum atomic E-state index is 12.4. The lowest BCUT2D eigenvalue weighted by Gasteiger charge is -2.19. The SMILES string of the molecule is Cc1oc(C(=O)N2CCC[C@@H]2C(=O)O)cc1S(=O)(=O)N(C)C. The average molecular weight is 330 g/mol. The van der Waals surface area contributed by atoms with Crippen LogP contribution in [0.1, 0.15) is 29.2 Å². The highest BCUT2D eigenvalue weighted by molar-refractivity contribution is 7.89. The predicted octanol–water partition coefficient (Wildman–Crippen LogP) is 0.528. The minimum Gasteiger partial charge on any atom is -0.480 e. The van der Waals surface area contributed by atoms with Crippen LogP contribution in [0.4, 0.5) is 0 Å². The number of carbonyl (C=O) groups excluding carboxylic acids is 1. The molecule has 8 nitrogen and oxygen atoms in total. The Hall–Kier alpha value is -1.87. The first kappa shape index (κ1) is 16.5. The lowest BCUT2D eigenvalue weighted by molar-refractivity contribution is -0.141. The molecule has 0 radical (unpaired) electrons. The Morgan fingerprint density at radius 2 is 2.05 bits per heavy atom. The highest BCUT2D eigenvalue weighted by atomic mass is 32.2. The summed E-state index contributed by atoms with van der Waals surface area (Å²) in [4.78, 5) is 24.6. The molecular formula is C13H18N2O6S.